The molecule has 0 spiro atoms. The molecule has 0 unspecified atom stereocenters. The Balaban J connectivity index is 2.15. The number of carbonyl (C=O) groups is 1. The van der Waals surface area contributed by atoms with Gasteiger partial charge in [-0.3, -0.25) is 4.79 Å². The minimum Gasteiger partial charge on any atom is -0.497 e. The van der Waals surface area contributed by atoms with Gasteiger partial charge in [0.1, 0.15) is 5.75 Å². The fourth-order valence-electron chi connectivity index (χ4n) is 3.52. The zero-order valence-electron chi connectivity index (χ0n) is 14.8. The normalized spacial score (nSPS) is 17.8. The van der Waals surface area contributed by atoms with Crippen LogP contribution in [0.4, 0.5) is 0 Å². The highest BCUT2D eigenvalue weighted by Crippen LogP contribution is 2.40. The van der Waals surface area contributed by atoms with Gasteiger partial charge in [0.25, 0.3) is 0 Å². The van der Waals surface area contributed by atoms with Crippen LogP contribution in [0.5, 0.6) is 5.75 Å². The molecule has 0 amide bonds. The molecule has 3 rings (SSSR count). The van der Waals surface area contributed by atoms with Crippen LogP contribution < -0.4 is 4.74 Å². The van der Waals surface area contributed by atoms with E-state index in [1.165, 1.54) is 22.3 Å². The number of hydrogen-bond donors (Lipinski definition) is 0. The van der Waals surface area contributed by atoms with Crippen LogP contribution >= 0.6 is 0 Å². The lowest BCUT2D eigenvalue weighted by molar-refractivity contribution is -0.114. The summed E-state index contributed by atoms with van der Waals surface area (Å²) in [5.41, 5.74) is 7.04. The summed E-state index contributed by atoms with van der Waals surface area (Å²) in [7, 11) is 5.52. The first-order chi connectivity index (χ1) is 11.5. The second-order valence-electron chi connectivity index (χ2n) is 6.53. The Labute approximate surface area is 143 Å². The molecule has 0 saturated heterocycles. The lowest BCUT2D eigenvalue weighted by atomic mass is 9.82. The van der Waals surface area contributed by atoms with Crippen LogP contribution in [-0.2, 0) is 11.2 Å². The number of hydrazone groups is 1. The average molecular weight is 324 g/mol. The van der Waals surface area contributed by atoms with Gasteiger partial charge in [-0.15, -0.1) is 0 Å². The van der Waals surface area contributed by atoms with E-state index in [2.05, 4.69) is 17.2 Å². The van der Waals surface area contributed by atoms with Crippen molar-refractivity contribution in [1.29, 1.82) is 0 Å². The molecule has 2 aliphatic rings. The van der Waals surface area contributed by atoms with Crippen LogP contribution in [-0.4, -0.2) is 38.2 Å². The highest BCUT2D eigenvalue weighted by Gasteiger charge is 2.27. The van der Waals surface area contributed by atoms with Crippen molar-refractivity contribution in [1.82, 2.24) is 5.01 Å². The summed E-state index contributed by atoms with van der Waals surface area (Å²) in [5, 5.41) is 6.26. The molecule has 1 aromatic rings. The highest BCUT2D eigenvalue weighted by atomic mass is 16.5. The maximum absolute atomic E-state index is 12.0. The van der Waals surface area contributed by atoms with Gasteiger partial charge in [0.2, 0.25) is 0 Å². The lowest BCUT2D eigenvalue weighted by Gasteiger charge is -2.23. The van der Waals surface area contributed by atoms with Crippen molar-refractivity contribution in [2.75, 3.05) is 21.2 Å². The fraction of sp³-hybridized carbons (Fsp3) is 0.400. The number of methoxy groups -OCH3 is 1. The molecule has 0 radical (unpaired) electrons. The van der Waals surface area contributed by atoms with Crippen molar-refractivity contribution in [3.63, 3.8) is 0 Å². The number of Topliss-reactive ketones (excluding diaryl/α,β-unsaturated/α-hetero) is 1. The van der Waals surface area contributed by atoms with Crippen LogP contribution in [0, 0.1) is 0 Å². The Kier molecular flexibility index (Phi) is 4.56. The van der Waals surface area contributed by atoms with Gasteiger partial charge in [-0.2, -0.15) is 5.10 Å². The third-order valence-corrected chi connectivity index (χ3v) is 4.83. The van der Waals surface area contributed by atoms with E-state index in [4.69, 9.17) is 4.74 Å². The monoisotopic (exact) mass is 324 g/mol. The van der Waals surface area contributed by atoms with E-state index in [0.29, 0.717) is 6.42 Å². The number of allylic oxidation sites excluding steroid dienone is 4. The van der Waals surface area contributed by atoms with E-state index in [1.807, 2.05) is 33.3 Å². The minimum absolute atomic E-state index is 0.280. The highest BCUT2D eigenvalue weighted by molar-refractivity contribution is 6.14. The Morgan fingerprint density at radius 1 is 1.12 bits per heavy atom. The number of hydrogen-bond acceptors (Lipinski definition) is 4. The van der Waals surface area contributed by atoms with Crippen LogP contribution in [0.3, 0.4) is 0 Å². The van der Waals surface area contributed by atoms with Crippen molar-refractivity contribution in [3.8, 4) is 5.75 Å². The average Bonchev–Trinajstić information content (AvgIpc) is 2.91. The number of rotatable bonds is 4. The summed E-state index contributed by atoms with van der Waals surface area (Å²) in [6.45, 7) is 1.96. The smallest absolute Gasteiger partial charge is 0.159 e. The topological polar surface area (TPSA) is 41.9 Å². The molecule has 1 aromatic carbocycles. The van der Waals surface area contributed by atoms with Gasteiger partial charge in [0.15, 0.2) is 5.78 Å². The Hall–Kier alpha value is -2.36. The largest absolute Gasteiger partial charge is 0.497 e. The first-order valence-corrected chi connectivity index (χ1v) is 8.36. The van der Waals surface area contributed by atoms with Crippen molar-refractivity contribution >= 4 is 17.6 Å². The maximum Gasteiger partial charge on any atom is 0.159 e. The van der Waals surface area contributed by atoms with Crippen LogP contribution in [0.1, 0.15) is 37.3 Å². The number of benzene rings is 1. The predicted octanol–water partition coefficient (Wildman–Crippen LogP) is 3.62. The summed E-state index contributed by atoms with van der Waals surface area (Å²) in [6, 6.07) is 6.21. The van der Waals surface area contributed by atoms with E-state index in [1.54, 1.807) is 12.1 Å². The SMILES string of the molecule is COc1ccc2c(c1)CCC(C1=C(C)C(=O)CC1)=C2/C=N/N(C)C. The zero-order chi connectivity index (χ0) is 17.3. The van der Waals surface area contributed by atoms with Crippen LogP contribution in [0.15, 0.2) is 40.0 Å². The van der Waals surface area contributed by atoms with Gasteiger partial charge >= 0.3 is 0 Å². The summed E-state index contributed by atoms with van der Waals surface area (Å²) in [5.74, 6) is 1.16. The molecule has 0 heterocycles. The van der Waals surface area contributed by atoms with E-state index in [0.717, 1.165) is 36.2 Å². The number of nitrogens with zero attached hydrogens (tertiary/aromatic N) is 2. The standard InChI is InChI=1S/C20H24N2O2/c1-13-16(9-10-20(13)23)18-7-5-14-11-15(24-4)6-8-17(14)19(18)12-21-22(2)3/h6,8,11-12H,5,7,9-10H2,1-4H3/b21-12+. The molecule has 0 bridgehead atoms. The molecule has 0 aromatic heterocycles. The van der Waals surface area contributed by atoms with E-state index in [9.17, 15) is 4.79 Å². The maximum atomic E-state index is 12.0. The van der Waals surface area contributed by atoms with E-state index in [-0.39, 0.29) is 5.78 Å². The second-order valence-corrected chi connectivity index (χ2v) is 6.53. The van der Waals surface area contributed by atoms with Crippen molar-refractivity contribution in [2.24, 2.45) is 5.10 Å². The molecule has 24 heavy (non-hydrogen) atoms. The first kappa shape index (κ1) is 16.5. The molecule has 0 N–H and O–H groups in total. The molecule has 0 aliphatic heterocycles. The second kappa shape index (κ2) is 6.63. The van der Waals surface area contributed by atoms with Crippen molar-refractivity contribution < 1.29 is 9.53 Å². The summed E-state index contributed by atoms with van der Waals surface area (Å²) in [6.07, 6.45) is 5.33. The number of aryl methyl sites for hydroxylation is 1. The van der Waals surface area contributed by atoms with E-state index < -0.39 is 0 Å². The number of ketones is 1. The van der Waals surface area contributed by atoms with Crippen LogP contribution in [0.2, 0.25) is 0 Å². The molecule has 4 nitrogen and oxygen atoms in total. The van der Waals surface area contributed by atoms with Crippen molar-refractivity contribution in [2.45, 2.75) is 32.6 Å². The minimum atomic E-state index is 0.280. The first-order valence-electron chi connectivity index (χ1n) is 8.36. The summed E-state index contributed by atoms with van der Waals surface area (Å²) < 4.78 is 5.36. The fourth-order valence-corrected chi connectivity index (χ4v) is 3.52. The quantitative estimate of drug-likeness (QED) is 0.627. The molecule has 0 saturated carbocycles. The Bertz CT molecular complexity index is 770. The lowest BCUT2D eigenvalue weighted by Crippen LogP contribution is -2.10. The Morgan fingerprint density at radius 3 is 2.50 bits per heavy atom. The van der Waals surface area contributed by atoms with Gasteiger partial charge in [-0.1, -0.05) is 6.07 Å². The molecular formula is C20H24N2O2. The Morgan fingerprint density at radius 2 is 1.88 bits per heavy atom. The van der Waals surface area contributed by atoms with Crippen LogP contribution in [0.25, 0.3) is 5.57 Å². The molecule has 126 valence electrons. The van der Waals surface area contributed by atoms with Gasteiger partial charge in [-0.05, 0) is 66.2 Å². The number of ether oxygens (including phenoxy) is 1. The molecular weight excluding hydrogens is 300 g/mol. The van der Waals surface area contributed by atoms with Gasteiger partial charge < -0.3 is 9.75 Å². The summed E-state index contributed by atoms with van der Waals surface area (Å²) in [4.78, 5) is 12.0. The zero-order valence-corrected chi connectivity index (χ0v) is 14.8. The molecule has 4 heteroatoms. The van der Waals surface area contributed by atoms with Gasteiger partial charge in [-0.25, -0.2) is 0 Å². The molecule has 2 aliphatic carbocycles. The van der Waals surface area contributed by atoms with Gasteiger partial charge in [0, 0.05) is 26.1 Å². The predicted molar refractivity (Wildman–Crippen MR) is 97.4 cm³/mol. The van der Waals surface area contributed by atoms with Gasteiger partial charge in [0.05, 0.1) is 13.3 Å². The third-order valence-electron chi connectivity index (χ3n) is 4.83. The molecule has 0 fully saturated rings. The van der Waals surface area contributed by atoms with E-state index >= 15 is 0 Å². The summed E-state index contributed by atoms with van der Waals surface area (Å²) >= 11 is 0. The number of carbonyl (C=O) groups excluding carboxylic acids is 1. The molecule has 0 atom stereocenters. The third kappa shape index (κ3) is 3.01. The van der Waals surface area contributed by atoms with Crippen molar-refractivity contribution in [3.05, 3.63) is 46.0 Å². The number of fused-ring (bicyclic) bond motifs is 1.